The van der Waals surface area contributed by atoms with Crippen LogP contribution in [0.2, 0.25) is 0 Å². The topological polar surface area (TPSA) is 62.2 Å². The highest BCUT2D eigenvalue weighted by atomic mass is 79.9. The summed E-state index contributed by atoms with van der Waals surface area (Å²) in [7, 11) is 0. The second-order valence-corrected chi connectivity index (χ2v) is 4.60. The predicted octanol–water partition coefficient (Wildman–Crippen LogP) is 1.10. The van der Waals surface area contributed by atoms with Gasteiger partial charge in [-0.25, -0.2) is 0 Å². The average Bonchev–Trinajstić information content (AvgIpc) is 2.99. The first-order valence-corrected chi connectivity index (χ1v) is 5.49. The van der Waals surface area contributed by atoms with Crippen molar-refractivity contribution in [1.82, 2.24) is 10.3 Å². The van der Waals surface area contributed by atoms with E-state index in [-0.39, 0.29) is 18.1 Å². The molecule has 2 rings (SSSR count). The molecule has 1 aliphatic rings. The largest absolute Gasteiger partial charge is 0.394 e. The Kier molecular flexibility index (Phi) is 2.75. The molecule has 0 aromatic carbocycles. The Labute approximate surface area is 95.8 Å². The third kappa shape index (κ3) is 2.18. The van der Waals surface area contributed by atoms with Crippen LogP contribution < -0.4 is 5.32 Å². The number of aliphatic hydroxyl groups is 1. The Bertz CT molecular complexity index is 391. The highest BCUT2D eigenvalue weighted by Crippen LogP contribution is 2.35. The normalized spacial score (nSPS) is 17.2. The molecule has 0 radical (unpaired) electrons. The molecule has 0 aliphatic heterocycles. The number of pyridine rings is 1. The lowest BCUT2D eigenvalue weighted by Crippen LogP contribution is -2.39. The fraction of sp³-hybridized carbons (Fsp3) is 0.400. The SMILES string of the molecule is O=C(NC1(CO)CC1)c1ccncc1Br. The first-order valence-electron chi connectivity index (χ1n) is 4.70. The molecule has 0 unspecified atom stereocenters. The van der Waals surface area contributed by atoms with Gasteiger partial charge in [0.05, 0.1) is 17.7 Å². The zero-order chi connectivity index (χ0) is 10.9. The Morgan fingerprint density at radius 1 is 1.67 bits per heavy atom. The quantitative estimate of drug-likeness (QED) is 0.865. The summed E-state index contributed by atoms with van der Waals surface area (Å²) in [6.45, 7) is 0.00143. The lowest BCUT2D eigenvalue weighted by atomic mass is 10.2. The molecule has 1 aromatic heterocycles. The van der Waals surface area contributed by atoms with Crippen molar-refractivity contribution in [2.24, 2.45) is 0 Å². The molecule has 5 heteroatoms. The lowest BCUT2D eigenvalue weighted by Gasteiger charge is -2.14. The van der Waals surface area contributed by atoms with Crippen LogP contribution in [0.4, 0.5) is 0 Å². The molecular weight excluding hydrogens is 260 g/mol. The summed E-state index contributed by atoms with van der Waals surface area (Å²) in [5, 5.41) is 11.9. The summed E-state index contributed by atoms with van der Waals surface area (Å²) in [5.41, 5.74) is 0.171. The van der Waals surface area contributed by atoms with E-state index in [2.05, 4.69) is 26.2 Å². The van der Waals surface area contributed by atoms with Crippen LogP contribution in [-0.2, 0) is 0 Å². The molecule has 1 amide bonds. The van der Waals surface area contributed by atoms with E-state index < -0.39 is 0 Å². The monoisotopic (exact) mass is 270 g/mol. The molecule has 0 bridgehead atoms. The molecule has 1 saturated carbocycles. The number of hydrogen-bond acceptors (Lipinski definition) is 3. The molecule has 1 aliphatic carbocycles. The molecule has 4 nitrogen and oxygen atoms in total. The highest BCUT2D eigenvalue weighted by Gasteiger charge is 2.43. The van der Waals surface area contributed by atoms with E-state index in [1.165, 1.54) is 0 Å². The van der Waals surface area contributed by atoms with Gasteiger partial charge in [0.2, 0.25) is 0 Å². The molecule has 1 aromatic rings. The van der Waals surface area contributed by atoms with Gasteiger partial charge in [-0.2, -0.15) is 0 Å². The molecule has 0 spiro atoms. The van der Waals surface area contributed by atoms with Crippen LogP contribution in [0, 0.1) is 0 Å². The first kappa shape index (κ1) is 10.6. The van der Waals surface area contributed by atoms with Crippen molar-refractivity contribution >= 4 is 21.8 Å². The van der Waals surface area contributed by atoms with Crippen LogP contribution in [0.1, 0.15) is 23.2 Å². The fourth-order valence-corrected chi connectivity index (χ4v) is 1.77. The molecule has 0 atom stereocenters. The molecule has 1 heterocycles. The molecule has 1 fully saturated rings. The number of aliphatic hydroxyl groups excluding tert-OH is 1. The number of nitrogens with zero attached hydrogens (tertiary/aromatic N) is 1. The van der Waals surface area contributed by atoms with E-state index >= 15 is 0 Å². The Hall–Kier alpha value is -0.940. The second-order valence-electron chi connectivity index (χ2n) is 3.75. The molecule has 0 saturated heterocycles. The summed E-state index contributed by atoms with van der Waals surface area (Å²) in [4.78, 5) is 15.7. The zero-order valence-electron chi connectivity index (χ0n) is 8.03. The first-order chi connectivity index (χ1) is 7.17. The van der Waals surface area contributed by atoms with Gasteiger partial charge in [-0.1, -0.05) is 0 Å². The van der Waals surface area contributed by atoms with Crippen molar-refractivity contribution in [2.75, 3.05) is 6.61 Å². The number of rotatable bonds is 3. The fourth-order valence-electron chi connectivity index (χ4n) is 1.34. The maximum atomic E-state index is 11.8. The second kappa shape index (κ2) is 3.90. The maximum Gasteiger partial charge on any atom is 0.253 e. The highest BCUT2D eigenvalue weighted by molar-refractivity contribution is 9.10. The minimum atomic E-state index is -0.375. The van der Waals surface area contributed by atoms with Gasteiger partial charge in [-0.15, -0.1) is 0 Å². The number of carbonyl (C=O) groups excluding carboxylic acids is 1. The number of carbonyl (C=O) groups is 1. The minimum absolute atomic E-state index is 0.00143. The van der Waals surface area contributed by atoms with Crippen LogP contribution in [0.15, 0.2) is 22.9 Å². The molecule has 2 N–H and O–H groups in total. The minimum Gasteiger partial charge on any atom is -0.394 e. The van der Waals surface area contributed by atoms with E-state index in [0.29, 0.717) is 10.0 Å². The third-order valence-electron chi connectivity index (χ3n) is 2.55. The van der Waals surface area contributed by atoms with Crippen molar-refractivity contribution in [1.29, 1.82) is 0 Å². The van der Waals surface area contributed by atoms with Gasteiger partial charge in [-0.3, -0.25) is 9.78 Å². The average molecular weight is 271 g/mol. The summed E-state index contributed by atoms with van der Waals surface area (Å²) in [6, 6.07) is 1.65. The van der Waals surface area contributed by atoms with Crippen LogP contribution in [0.3, 0.4) is 0 Å². The predicted molar refractivity (Wildman–Crippen MR) is 58.5 cm³/mol. The summed E-state index contributed by atoms with van der Waals surface area (Å²) < 4.78 is 0.663. The van der Waals surface area contributed by atoms with Crippen LogP contribution >= 0.6 is 15.9 Å². The van der Waals surface area contributed by atoms with Crippen LogP contribution in [0.5, 0.6) is 0 Å². The van der Waals surface area contributed by atoms with Gasteiger partial charge in [0.25, 0.3) is 5.91 Å². The number of hydrogen-bond donors (Lipinski definition) is 2. The van der Waals surface area contributed by atoms with Gasteiger partial charge in [-0.05, 0) is 34.8 Å². The molecule has 15 heavy (non-hydrogen) atoms. The van der Waals surface area contributed by atoms with E-state index in [9.17, 15) is 4.79 Å². The smallest absolute Gasteiger partial charge is 0.253 e. The maximum absolute atomic E-state index is 11.8. The van der Waals surface area contributed by atoms with E-state index in [0.717, 1.165) is 12.8 Å². The number of amides is 1. The van der Waals surface area contributed by atoms with Gasteiger partial charge >= 0.3 is 0 Å². The van der Waals surface area contributed by atoms with Crippen molar-refractivity contribution in [3.8, 4) is 0 Å². The van der Waals surface area contributed by atoms with Gasteiger partial charge in [0.1, 0.15) is 0 Å². The van der Waals surface area contributed by atoms with E-state index in [1.54, 1.807) is 18.5 Å². The van der Waals surface area contributed by atoms with Crippen LogP contribution in [-0.4, -0.2) is 28.1 Å². The lowest BCUT2D eigenvalue weighted by molar-refractivity contribution is 0.0906. The van der Waals surface area contributed by atoms with Gasteiger partial charge < -0.3 is 10.4 Å². The standard InChI is InChI=1S/C10H11BrN2O2/c11-8-5-12-4-1-7(8)9(15)13-10(6-14)2-3-10/h1,4-5,14H,2-3,6H2,(H,13,15). The van der Waals surface area contributed by atoms with Crippen LogP contribution in [0.25, 0.3) is 0 Å². The number of nitrogens with one attached hydrogen (secondary N) is 1. The number of halogens is 1. The van der Waals surface area contributed by atoms with E-state index in [1.807, 2.05) is 0 Å². The Morgan fingerprint density at radius 3 is 2.93 bits per heavy atom. The Morgan fingerprint density at radius 2 is 2.40 bits per heavy atom. The zero-order valence-corrected chi connectivity index (χ0v) is 9.62. The Balaban J connectivity index is 2.12. The van der Waals surface area contributed by atoms with Crippen molar-refractivity contribution in [2.45, 2.75) is 18.4 Å². The molecule has 80 valence electrons. The van der Waals surface area contributed by atoms with Crippen molar-refractivity contribution in [3.63, 3.8) is 0 Å². The van der Waals surface area contributed by atoms with Gasteiger partial charge in [0, 0.05) is 16.9 Å². The molecular formula is C10H11BrN2O2. The summed E-state index contributed by atoms with van der Waals surface area (Å²) in [6.07, 6.45) is 4.83. The van der Waals surface area contributed by atoms with Crippen molar-refractivity contribution in [3.05, 3.63) is 28.5 Å². The van der Waals surface area contributed by atoms with Gasteiger partial charge in [0.15, 0.2) is 0 Å². The van der Waals surface area contributed by atoms with E-state index in [4.69, 9.17) is 5.11 Å². The number of aromatic nitrogens is 1. The summed E-state index contributed by atoms with van der Waals surface area (Å²) >= 11 is 3.26. The third-order valence-corrected chi connectivity index (χ3v) is 3.18. The summed E-state index contributed by atoms with van der Waals surface area (Å²) in [5.74, 6) is -0.171. The van der Waals surface area contributed by atoms with Crippen molar-refractivity contribution < 1.29 is 9.90 Å².